The first-order valence-corrected chi connectivity index (χ1v) is 12.7. The fourth-order valence-corrected chi connectivity index (χ4v) is 4.57. The molecule has 1 saturated heterocycles. The summed E-state index contributed by atoms with van der Waals surface area (Å²) in [6.45, 7) is 7.12. The van der Waals surface area contributed by atoms with E-state index in [1.54, 1.807) is 18.0 Å². The maximum Gasteiger partial charge on any atom is 0.344 e. The second kappa shape index (κ2) is 11.4. The molecule has 0 aliphatic carbocycles. The third-order valence-electron chi connectivity index (χ3n) is 6.36. The van der Waals surface area contributed by atoms with Gasteiger partial charge in [-0.25, -0.2) is 4.79 Å². The number of furan rings is 1. The summed E-state index contributed by atoms with van der Waals surface area (Å²) >= 11 is 0. The molecule has 2 atom stereocenters. The molecule has 1 N–H and O–H groups in total. The number of β-amino-alcohol motifs (C(OH)–C–C–N with tert-alkyl or cyclic N) is 1. The molecule has 37 heavy (non-hydrogen) atoms. The number of likely N-dealkylation sites (tertiary alicyclic amines) is 1. The van der Waals surface area contributed by atoms with Crippen molar-refractivity contribution in [2.75, 3.05) is 33.3 Å². The Balaban J connectivity index is 1.50. The average molecular weight is 509 g/mol. The Labute approximate surface area is 217 Å². The number of fused-ring (bicyclic) bond motifs is 1. The van der Waals surface area contributed by atoms with Gasteiger partial charge >= 0.3 is 5.97 Å². The van der Waals surface area contributed by atoms with Gasteiger partial charge < -0.3 is 23.9 Å². The standard InChI is InChI=1S/C29H36N2O6/c1-29(2,3)37-28(34)19-35-23-10-7-9-20(14-23)25(18-31-13-12-22(32)17-31)30(4)27(33)16-24-15-21-8-5-6-11-26(21)36-24/h5-11,14-15,22,25,32H,12-13,16-19H2,1-4H3. The van der Waals surface area contributed by atoms with Crippen LogP contribution in [0.2, 0.25) is 0 Å². The molecular formula is C29H36N2O6. The van der Waals surface area contributed by atoms with Crippen molar-refractivity contribution in [2.24, 2.45) is 0 Å². The fourth-order valence-electron chi connectivity index (χ4n) is 4.57. The third kappa shape index (κ3) is 7.33. The van der Waals surface area contributed by atoms with Gasteiger partial charge in [0.25, 0.3) is 0 Å². The third-order valence-corrected chi connectivity index (χ3v) is 6.36. The molecule has 0 radical (unpaired) electrons. The summed E-state index contributed by atoms with van der Waals surface area (Å²) in [6, 6.07) is 16.7. The van der Waals surface area contributed by atoms with Gasteiger partial charge in [0.1, 0.15) is 22.7 Å². The number of carbonyl (C=O) groups is 2. The van der Waals surface area contributed by atoms with E-state index in [1.165, 1.54) is 0 Å². The van der Waals surface area contributed by atoms with Crippen LogP contribution in [-0.2, 0) is 20.7 Å². The van der Waals surface area contributed by atoms with Crippen molar-refractivity contribution >= 4 is 22.8 Å². The minimum absolute atomic E-state index is 0.0797. The molecule has 3 aromatic rings. The van der Waals surface area contributed by atoms with E-state index in [0.717, 1.165) is 23.1 Å². The summed E-state index contributed by atoms with van der Waals surface area (Å²) in [6.07, 6.45) is 0.488. The zero-order chi connectivity index (χ0) is 26.6. The number of likely N-dealkylation sites (N-methyl/N-ethyl adjacent to an activating group) is 1. The van der Waals surface area contributed by atoms with E-state index in [-0.39, 0.29) is 31.1 Å². The highest BCUT2D eigenvalue weighted by atomic mass is 16.6. The number of benzene rings is 2. The summed E-state index contributed by atoms with van der Waals surface area (Å²) < 4.78 is 16.9. The van der Waals surface area contributed by atoms with E-state index in [9.17, 15) is 14.7 Å². The second-order valence-electron chi connectivity index (χ2n) is 10.6. The number of rotatable bonds is 9. The summed E-state index contributed by atoms with van der Waals surface area (Å²) in [5, 5.41) is 11.0. The molecule has 2 unspecified atom stereocenters. The van der Waals surface area contributed by atoms with Gasteiger partial charge in [0.05, 0.1) is 18.6 Å². The van der Waals surface area contributed by atoms with Crippen LogP contribution in [-0.4, -0.2) is 71.8 Å². The molecule has 1 aromatic heterocycles. The van der Waals surface area contributed by atoms with Crippen molar-refractivity contribution in [3.63, 3.8) is 0 Å². The Bertz CT molecular complexity index is 1200. The normalized spacial score (nSPS) is 17.1. The molecule has 8 nitrogen and oxygen atoms in total. The Morgan fingerprint density at radius 2 is 1.95 bits per heavy atom. The lowest BCUT2D eigenvalue weighted by molar-refractivity contribution is -0.157. The van der Waals surface area contributed by atoms with Gasteiger partial charge in [-0.3, -0.25) is 9.69 Å². The summed E-state index contributed by atoms with van der Waals surface area (Å²) in [4.78, 5) is 29.4. The topological polar surface area (TPSA) is 92.5 Å². The zero-order valence-electron chi connectivity index (χ0n) is 22.0. The second-order valence-corrected chi connectivity index (χ2v) is 10.6. The minimum Gasteiger partial charge on any atom is -0.482 e. The van der Waals surface area contributed by atoms with Gasteiger partial charge in [-0.05, 0) is 57.0 Å². The number of aliphatic hydroxyl groups excluding tert-OH is 1. The fraction of sp³-hybridized carbons (Fsp3) is 0.448. The number of nitrogens with zero attached hydrogens (tertiary/aromatic N) is 2. The first-order chi connectivity index (χ1) is 17.6. The van der Waals surface area contributed by atoms with Crippen molar-refractivity contribution < 1.29 is 28.6 Å². The van der Waals surface area contributed by atoms with Crippen molar-refractivity contribution in [2.45, 2.75) is 51.4 Å². The summed E-state index contributed by atoms with van der Waals surface area (Å²) in [7, 11) is 1.79. The van der Waals surface area contributed by atoms with E-state index in [1.807, 2.05) is 69.3 Å². The molecule has 1 aliphatic heterocycles. The van der Waals surface area contributed by atoms with Crippen LogP contribution in [0.15, 0.2) is 59.0 Å². The van der Waals surface area contributed by atoms with Crippen LogP contribution in [0.4, 0.5) is 0 Å². The molecule has 1 fully saturated rings. The van der Waals surface area contributed by atoms with Gasteiger partial charge in [0.15, 0.2) is 6.61 Å². The molecule has 8 heteroatoms. The van der Waals surface area contributed by atoms with E-state index in [2.05, 4.69) is 4.90 Å². The quantitative estimate of drug-likeness (QED) is 0.438. The number of amides is 1. The van der Waals surface area contributed by atoms with Gasteiger partial charge in [0, 0.05) is 32.1 Å². The Morgan fingerprint density at radius 1 is 1.16 bits per heavy atom. The number of ether oxygens (including phenoxy) is 2. The number of esters is 1. The SMILES string of the molecule is CN(C(=O)Cc1cc2ccccc2o1)C(CN1CCC(O)C1)c1cccc(OCC(=O)OC(C)(C)C)c1. The highest BCUT2D eigenvalue weighted by Crippen LogP contribution is 2.28. The predicted molar refractivity (Wildman–Crippen MR) is 140 cm³/mol. The maximum atomic E-state index is 13.4. The number of aliphatic hydroxyl groups is 1. The van der Waals surface area contributed by atoms with Gasteiger partial charge in [-0.15, -0.1) is 0 Å². The van der Waals surface area contributed by atoms with Crippen molar-refractivity contribution in [1.29, 1.82) is 0 Å². The lowest BCUT2D eigenvalue weighted by Crippen LogP contribution is -2.39. The van der Waals surface area contributed by atoms with Gasteiger partial charge in [-0.2, -0.15) is 0 Å². The van der Waals surface area contributed by atoms with Crippen LogP contribution < -0.4 is 4.74 Å². The highest BCUT2D eigenvalue weighted by Gasteiger charge is 2.29. The molecule has 1 aliphatic rings. The van der Waals surface area contributed by atoms with Crippen LogP contribution in [0.25, 0.3) is 11.0 Å². The van der Waals surface area contributed by atoms with Crippen LogP contribution in [0.1, 0.15) is 44.6 Å². The largest absolute Gasteiger partial charge is 0.482 e. The monoisotopic (exact) mass is 508 g/mol. The van der Waals surface area contributed by atoms with Crippen LogP contribution in [0, 0.1) is 0 Å². The molecule has 2 heterocycles. The summed E-state index contributed by atoms with van der Waals surface area (Å²) in [5.41, 5.74) is 1.05. The van der Waals surface area contributed by atoms with Crippen LogP contribution >= 0.6 is 0 Å². The van der Waals surface area contributed by atoms with Crippen molar-refractivity contribution in [3.05, 3.63) is 65.9 Å². The minimum atomic E-state index is -0.587. The Kier molecular flexibility index (Phi) is 8.19. The Morgan fingerprint density at radius 3 is 2.65 bits per heavy atom. The highest BCUT2D eigenvalue weighted by molar-refractivity contribution is 5.82. The van der Waals surface area contributed by atoms with Crippen LogP contribution in [0.5, 0.6) is 5.75 Å². The lowest BCUT2D eigenvalue weighted by Gasteiger charge is -2.32. The molecule has 0 spiro atoms. The van der Waals surface area contributed by atoms with E-state index in [4.69, 9.17) is 13.9 Å². The molecule has 0 saturated carbocycles. The molecular weight excluding hydrogens is 472 g/mol. The smallest absolute Gasteiger partial charge is 0.344 e. The molecule has 2 aromatic carbocycles. The van der Waals surface area contributed by atoms with Gasteiger partial charge in [-0.1, -0.05) is 30.3 Å². The maximum absolute atomic E-state index is 13.4. The van der Waals surface area contributed by atoms with E-state index in [0.29, 0.717) is 31.0 Å². The predicted octanol–water partition coefficient (Wildman–Crippen LogP) is 3.96. The molecule has 0 bridgehead atoms. The Hall–Kier alpha value is -3.36. The summed E-state index contributed by atoms with van der Waals surface area (Å²) in [5.74, 6) is 0.610. The molecule has 1 amide bonds. The number of hydrogen-bond donors (Lipinski definition) is 1. The first kappa shape index (κ1) is 26.7. The van der Waals surface area contributed by atoms with Crippen molar-refractivity contribution in [3.8, 4) is 5.75 Å². The van der Waals surface area contributed by atoms with Crippen LogP contribution in [0.3, 0.4) is 0 Å². The van der Waals surface area contributed by atoms with E-state index < -0.39 is 11.6 Å². The average Bonchev–Trinajstić information content (AvgIpc) is 3.44. The van der Waals surface area contributed by atoms with Crippen molar-refractivity contribution in [1.82, 2.24) is 9.80 Å². The number of hydrogen-bond acceptors (Lipinski definition) is 7. The van der Waals surface area contributed by atoms with E-state index >= 15 is 0 Å². The number of para-hydroxylation sites is 1. The number of carbonyl (C=O) groups excluding carboxylic acids is 2. The van der Waals surface area contributed by atoms with Gasteiger partial charge in [0.2, 0.25) is 5.91 Å². The molecule has 198 valence electrons. The lowest BCUT2D eigenvalue weighted by atomic mass is 10.0. The molecule has 4 rings (SSSR count). The first-order valence-electron chi connectivity index (χ1n) is 12.7. The zero-order valence-corrected chi connectivity index (χ0v) is 22.0.